The van der Waals surface area contributed by atoms with Gasteiger partial charge in [0.25, 0.3) is 0 Å². The third-order valence-corrected chi connectivity index (χ3v) is 4.44. The van der Waals surface area contributed by atoms with Crippen LogP contribution in [0.25, 0.3) is 11.5 Å². The molecule has 0 bridgehead atoms. The lowest BCUT2D eigenvalue weighted by atomic mass is 9.87. The summed E-state index contributed by atoms with van der Waals surface area (Å²) in [4.78, 5) is 16.2. The molecule has 0 aliphatic heterocycles. The predicted octanol–water partition coefficient (Wildman–Crippen LogP) is 5.19. The zero-order valence-corrected chi connectivity index (χ0v) is 13.7. The summed E-state index contributed by atoms with van der Waals surface area (Å²) < 4.78 is 49.3. The lowest BCUT2D eigenvalue weighted by Crippen LogP contribution is -2.10. The number of carbonyl (C=O) groups is 1. The molecule has 0 atom stereocenters. The maximum atomic E-state index is 12.9. The van der Waals surface area contributed by atoms with Gasteiger partial charge >= 0.3 is 12.1 Å². The first-order valence-corrected chi connectivity index (χ1v) is 8.17. The largest absolute Gasteiger partial charge is 0.464 e. The summed E-state index contributed by atoms with van der Waals surface area (Å²) in [6, 6.07) is 4.72. The first-order valence-electron chi connectivity index (χ1n) is 8.17. The van der Waals surface area contributed by atoms with Crippen LogP contribution < -0.4 is 0 Å². The molecule has 0 radical (unpaired) electrons. The molecule has 0 amide bonds. The van der Waals surface area contributed by atoms with Gasteiger partial charge in [0.1, 0.15) is 5.76 Å². The van der Waals surface area contributed by atoms with Crippen LogP contribution in [0.1, 0.15) is 59.8 Å². The van der Waals surface area contributed by atoms with Crippen molar-refractivity contribution in [1.82, 2.24) is 4.98 Å². The van der Waals surface area contributed by atoms with Crippen LogP contribution >= 0.6 is 0 Å². The van der Waals surface area contributed by atoms with Crippen LogP contribution in [0.4, 0.5) is 13.2 Å². The molecule has 0 N–H and O–H groups in total. The number of halogens is 3. The standard InChI is InChI=1S/C18H18F3NO3/c1-24-17(23)14-15(11-6-3-2-4-7-11)25-16(22-14)12-8-5-9-13(10-12)18(19,20)21/h5,8-11H,2-4,6-7H2,1H3. The normalized spacial score (nSPS) is 16.0. The minimum atomic E-state index is -4.46. The molecule has 1 aromatic heterocycles. The van der Waals surface area contributed by atoms with Gasteiger partial charge in [0, 0.05) is 11.5 Å². The average molecular weight is 353 g/mol. The van der Waals surface area contributed by atoms with Crippen molar-refractivity contribution >= 4 is 5.97 Å². The quantitative estimate of drug-likeness (QED) is 0.712. The third kappa shape index (κ3) is 3.70. The molecule has 1 heterocycles. The van der Waals surface area contributed by atoms with Crippen LogP contribution in [0.3, 0.4) is 0 Å². The molecule has 1 fully saturated rings. The van der Waals surface area contributed by atoms with E-state index in [2.05, 4.69) is 4.98 Å². The number of rotatable bonds is 3. The maximum Gasteiger partial charge on any atom is 0.416 e. The smallest absolute Gasteiger partial charge is 0.416 e. The second-order valence-corrected chi connectivity index (χ2v) is 6.14. The lowest BCUT2D eigenvalue weighted by molar-refractivity contribution is -0.137. The number of hydrogen-bond donors (Lipinski definition) is 0. The Morgan fingerprint density at radius 3 is 2.60 bits per heavy atom. The van der Waals surface area contributed by atoms with Crippen LogP contribution in [0.15, 0.2) is 28.7 Å². The third-order valence-electron chi connectivity index (χ3n) is 4.44. The second kappa shape index (κ2) is 6.90. The molecule has 25 heavy (non-hydrogen) atoms. The minimum absolute atomic E-state index is 0.00655. The predicted molar refractivity (Wildman–Crippen MR) is 84.1 cm³/mol. The van der Waals surface area contributed by atoms with E-state index in [-0.39, 0.29) is 23.1 Å². The van der Waals surface area contributed by atoms with Gasteiger partial charge in [0.05, 0.1) is 12.7 Å². The van der Waals surface area contributed by atoms with Crippen molar-refractivity contribution in [3.05, 3.63) is 41.3 Å². The van der Waals surface area contributed by atoms with Crippen molar-refractivity contribution < 1.29 is 27.1 Å². The Labute approximate surface area is 143 Å². The molecule has 0 spiro atoms. The van der Waals surface area contributed by atoms with E-state index < -0.39 is 17.7 Å². The molecule has 134 valence electrons. The van der Waals surface area contributed by atoms with Crippen molar-refractivity contribution in [2.45, 2.75) is 44.2 Å². The van der Waals surface area contributed by atoms with Crippen molar-refractivity contribution in [3.8, 4) is 11.5 Å². The van der Waals surface area contributed by atoms with Gasteiger partial charge in [-0.1, -0.05) is 25.3 Å². The number of alkyl halides is 3. The molecule has 1 aliphatic carbocycles. The molecular weight excluding hydrogens is 335 g/mol. The number of aromatic nitrogens is 1. The number of ether oxygens (including phenoxy) is 1. The molecule has 2 aromatic rings. The number of esters is 1. The van der Waals surface area contributed by atoms with E-state index in [0.29, 0.717) is 5.76 Å². The van der Waals surface area contributed by atoms with Crippen LogP contribution in [-0.4, -0.2) is 18.1 Å². The van der Waals surface area contributed by atoms with E-state index >= 15 is 0 Å². The minimum Gasteiger partial charge on any atom is -0.464 e. The average Bonchev–Trinajstić information content (AvgIpc) is 3.06. The Balaban J connectivity index is 2.02. The highest BCUT2D eigenvalue weighted by Crippen LogP contribution is 2.38. The van der Waals surface area contributed by atoms with E-state index in [4.69, 9.17) is 9.15 Å². The summed E-state index contributed by atoms with van der Waals surface area (Å²) in [6.45, 7) is 0. The Morgan fingerprint density at radius 1 is 1.24 bits per heavy atom. The van der Waals surface area contributed by atoms with Crippen LogP contribution in [0, 0.1) is 0 Å². The van der Waals surface area contributed by atoms with Gasteiger partial charge in [-0.2, -0.15) is 13.2 Å². The highest BCUT2D eigenvalue weighted by atomic mass is 19.4. The summed E-state index contributed by atoms with van der Waals surface area (Å²) in [6.07, 6.45) is 0.427. The zero-order chi connectivity index (χ0) is 18.0. The Bertz CT molecular complexity index is 761. The van der Waals surface area contributed by atoms with E-state index in [9.17, 15) is 18.0 Å². The van der Waals surface area contributed by atoms with Crippen molar-refractivity contribution in [3.63, 3.8) is 0 Å². The van der Waals surface area contributed by atoms with Gasteiger partial charge in [-0.25, -0.2) is 9.78 Å². The van der Waals surface area contributed by atoms with E-state index in [1.54, 1.807) is 0 Å². The number of benzene rings is 1. The first-order chi connectivity index (χ1) is 11.9. The number of carbonyl (C=O) groups excluding carboxylic acids is 1. The first kappa shape index (κ1) is 17.5. The molecule has 4 nitrogen and oxygen atoms in total. The van der Waals surface area contributed by atoms with Gasteiger partial charge in [-0.05, 0) is 31.0 Å². The topological polar surface area (TPSA) is 52.3 Å². The van der Waals surface area contributed by atoms with E-state index in [0.717, 1.165) is 44.2 Å². The van der Waals surface area contributed by atoms with Gasteiger partial charge in [0.15, 0.2) is 5.69 Å². The van der Waals surface area contributed by atoms with Crippen LogP contribution in [0.2, 0.25) is 0 Å². The summed E-state index contributed by atoms with van der Waals surface area (Å²) in [7, 11) is 1.24. The van der Waals surface area contributed by atoms with Crippen LogP contribution in [-0.2, 0) is 10.9 Å². The Hall–Kier alpha value is -2.31. The van der Waals surface area contributed by atoms with Gasteiger partial charge in [0.2, 0.25) is 5.89 Å². The zero-order valence-electron chi connectivity index (χ0n) is 13.7. The fourth-order valence-electron chi connectivity index (χ4n) is 3.17. The SMILES string of the molecule is COC(=O)c1nc(-c2cccc(C(F)(F)F)c2)oc1C1CCCCC1. The molecule has 0 unspecified atom stereocenters. The molecule has 1 aliphatic rings. The fourth-order valence-corrected chi connectivity index (χ4v) is 3.17. The van der Waals surface area contributed by atoms with Crippen molar-refractivity contribution in [1.29, 1.82) is 0 Å². The molecule has 0 saturated heterocycles. The Morgan fingerprint density at radius 2 is 1.96 bits per heavy atom. The van der Waals surface area contributed by atoms with Crippen molar-refractivity contribution in [2.24, 2.45) is 0 Å². The summed E-state index contributed by atoms with van der Waals surface area (Å²) in [5.41, 5.74) is -0.550. The molecule has 1 aromatic carbocycles. The number of nitrogens with zero attached hydrogens (tertiary/aromatic N) is 1. The number of oxazole rings is 1. The monoisotopic (exact) mass is 353 g/mol. The summed E-state index contributed by atoms with van der Waals surface area (Å²) >= 11 is 0. The summed E-state index contributed by atoms with van der Waals surface area (Å²) in [5, 5.41) is 0. The highest BCUT2D eigenvalue weighted by Gasteiger charge is 2.32. The van der Waals surface area contributed by atoms with Crippen LogP contribution in [0.5, 0.6) is 0 Å². The van der Waals surface area contributed by atoms with E-state index in [1.807, 2.05) is 0 Å². The van der Waals surface area contributed by atoms with Gasteiger partial charge < -0.3 is 9.15 Å². The van der Waals surface area contributed by atoms with Gasteiger partial charge in [-0.3, -0.25) is 0 Å². The molecule has 1 saturated carbocycles. The lowest BCUT2D eigenvalue weighted by Gasteiger charge is -2.19. The molecular formula is C18H18F3NO3. The van der Waals surface area contributed by atoms with E-state index in [1.165, 1.54) is 19.2 Å². The fraction of sp³-hybridized carbons (Fsp3) is 0.444. The second-order valence-electron chi connectivity index (χ2n) is 6.14. The summed E-state index contributed by atoms with van der Waals surface area (Å²) in [5.74, 6) is -0.177. The van der Waals surface area contributed by atoms with Crippen molar-refractivity contribution in [2.75, 3.05) is 7.11 Å². The Kier molecular flexibility index (Phi) is 4.83. The number of hydrogen-bond acceptors (Lipinski definition) is 4. The molecule has 7 heteroatoms. The molecule has 3 rings (SSSR count). The number of methoxy groups -OCH3 is 1. The maximum absolute atomic E-state index is 12.9. The van der Waals surface area contributed by atoms with Gasteiger partial charge in [-0.15, -0.1) is 0 Å². The highest BCUT2D eigenvalue weighted by molar-refractivity contribution is 5.89.